The number of aliphatic hydroxyl groups excluding tert-OH is 4. The lowest BCUT2D eigenvalue weighted by molar-refractivity contribution is -0.172. The Balaban J connectivity index is 0. The van der Waals surface area contributed by atoms with Gasteiger partial charge in [0.05, 0.1) is 6.42 Å². The Morgan fingerprint density at radius 3 is 1.20 bits per heavy atom. The van der Waals surface area contributed by atoms with Gasteiger partial charge >= 0.3 is 17.9 Å². The Hall–Kier alpha value is -1.79. The molecule has 118 valence electrons. The molecule has 0 unspecified atom stereocenters. The Bertz CT molecular complexity index is 309. The van der Waals surface area contributed by atoms with Crippen molar-refractivity contribution in [1.29, 1.82) is 0 Å². The highest BCUT2D eigenvalue weighted by Crippen LogP contribution is 2.05. The lowest BCUT2D eigenvalue weighted by Gasteiger charge is -2.21. The van der Waals surface area contributed by atoms with Gasteiger partial charge in [-0.15, -0.1) is 0 Å². The van der Waals surface area contributed by atoms with Crippen LogP contribution in [0.3, 0.4) is 0 Å². The van der Waals surface area contributed by atoms with Crippen molar-refractivity contribution in [3.63, 3.8) is 0 Å². The molecular formula is C9H17NO10. The van der Waals surface area contributed by atoms with Crippen molar-refractivity contribution in [3.8, 4) is 0 Å². The largest absolute Gasteiger partial charge is 0.481 e. The summed E-state index contributed by atoms with van der Waals surface area (Å²) in [5, 5.41) is 59.3. The van der Waals surface area contributed by atoms with Gasteiger partial charge in [-0.25, -0.2) is 9.59 Å². The summed E-state index contributed by atoms with van der Waals surface area (Å²) >= 11 is 0. The molecule has 0 spiro atoms. The lowest BCUT2D eigenvalue weighted by Crippen LogP contribution is -2.49. The maximum absolute atomic E-state index is 10.1. The molecule has 11 nitrogen and oxygen atoms in total. The first-order valence-electron chi connectivity index (χ1n) is 5.16. The monoisotopic (exact) mass is 299 g/mol. The van der Waals surface area contributed by atoms with Crippen LogP contribution >= 0.6 is 0 Å². The molecule has 0 aliphatic rings. The molecule has 0 saturated carbocycles. The van der Waals surface area contributed by atoms with Gasteiger partial charge < -0.3 is 41.5 Å². The van der Waals surface area contributed by atoms with Crippen LogP contribution in [0.25, 0.3) is 0 Å². The van der Waals surface area contributed by atoms with E-state index in [9.17, 15) is 14.4 Å². The molecule has 9 N–H and O–H groups in total. The first-order valence-corrected chi connectivity index (χ1v) is 5.16. The van der Waals surface area contributed by atoms with Gasteiger partial charge in [0.1, 0.15) is 12.2 Å². The summed E-state index contributed by atoms with van der Waals surface area (Å²) < 4.78 is 0. The van der Waals surface area contributed by atoms with Crippen LogP contribution in [0.1, 0.15) is 6.42 Å². The quantitative estimate of drug-likeness (QED) is 0.226. The third-order valence-corrected chi connectivity index (χ3v) is 1.86. The van der Waals surface area contributed by atoms with Gasteiger partial charge in [-0.3, -0.25) is 4.79 Å². The van der Waals surface area contributed by atoms with Gasteiger partial charge in [-0.05, 0) is 0 Å². The van der Waals surface area contributed by atoms with E-state index in [2.05, 4.69) is 0 Å². The van der Waals surface area contributed by atoms with Crippen LogP contribution in [0, 0.1) is 0 Å². The van der Waals surface area contributed by atoms with Crippen LogP contribution in [0.5, 0.6) is 0 Å². The van der Waals surface area contributed by atoms with Gasteiger partial charge in [0.15, 0.2) is 12.2 Å². The second-order valence-corrected chi connectivity index (χ2v) is 3.48. The molecule has 0 aliphatic heterocycles. The van der Waals surface area contributed by atoms with E-state index in [0.29, 0.717) is 0 Å². The standard InChI is InChI=1S/C6H10O8.C3H7NO2/c7-1(3(9)5(11)12)2(8)4(10)6(13)14;4-2-1-3(5)6/h1-4,7-10H,(H,11,12)(H,13,14);1-2,4H2,(H,5,6)/t1-,2-,3-,4+;/m0./s1. The number of aliphatic hydroxyl groups is 4. The fourth-order valence-electron chi connectivity index (χ4n) is 0.789. The maximum atomic E-state index is 10.1. The normalized spacial score (nSPS) is 16.1. The molecule has 0 rings (SSSR count). The van der Waals surface area contributed by atoms with E-state index < -0.39 is 42.3 Å². The summed E-state index contributed by atoms with van der Waals surface area (Å²) in [6.07, 6.45) is -9.21. The lowest BCUT2D eigenvalue weighted by atomic mass is 10.0. The van der Waals surface area contributed by atoms with E-state index in [1.54, 1.807) is 0 Å². The molecule has 0 radical (unpaired) electrons. The maximum Gasteiger partial charge on any atom is 0.335 e. The van der Waals surface area contributed by atoms with Crippen molar-refractivity contribution < 1.29 is 50.1 Å². The first kappa shape index (κ1) is 20.5. The molecule has 0 heterocycles. The Morgan fingerprint density at radius 1 is 0.800 bits per heavy atom. The number of carbonyl (C=O) groups is 3. The minimum Gasteiger partial charge on any atom is -0.481 e. The van der Waals surface area contributed by atoms with Crippen LogP contribution in [-0.2, 0) is 14.4 Å². The van der Waals surface area contributed by atoms with Crippen molar-refractivity contribution in [2.75, 3.05) is 6.54 Å². The predicted octanol–water partition coefficient (Wildman–Crippen LogP) is -3.98. The van der Waals surface area contributed by atoms with Crippen LogP contribution in [0.4, 0.5) is 0 Å². The van der Waals surface area contributed by atoms with E-state index in [-0.39, 0.29) is 13.0 Å². The second-order valence-electron chi connectivity index (χ2n) is 3.48. The smallest absolute Gasteiger partial charge is 0.335 e. The Kier molecular flexibility index (Phi) is 10.3. The summed E-state index contributed by atoms with van der Waals surface area (Å²) in [5.41, 5.74) is 4.85. The van der Waals surface area contributed by atoms with Crippen molar-refractivity contribution >= 4 is 17.9 Å². The third-order valence-electron chi connectivity index (χ3n) is 1.86. The summed E-state index contributed by atoms with van der Waals surface area (Å²) in [4.78, 5) is 29.7. The molecular weight excluding hydrogens is 282 g/mol. The van der Waals surface area contributed by atoms with Crippen LogP contribution in [0.2, 0.25) is 0 Å². The molecule has 0 bridgehead atoms. The van der Waals surface area contributed by atoms with E-state index in [4.69, 9.17) is 41.5 Å². The molecule has 4 atom stereocenters. The van der Waals surface area contributed by atoms with Gasteiger partial charge in [-0.1, -0.05) is 0 Å². The second kappa shape index (κ2) is 10.1. The Morgan fingerprint density at radius 2 is 1.10 bits per heavy atom. The minimum absolute atomic E-state index is 0.0694. The molecule has 0 fully saturated rings. The average molecular weight is 299 g/mol. The van der Waals surface area contributed by atoms with E-state index in [0.717, 1.165) is 0 Å². The molecule has 11 heteroatoms. The Labute approximate surface area is 112 Å². The summed E-state index contributed by atoms with van der Waals surface area (Å²) in [7, 11) is 0. The summed E-state index contributed by atoms with van der Waals surface area (Å²) in [6, 6.07) is 0. The van der Waals surface area contributed by atoms with Gasteiger partial charge in [-0.2, -0.15) is 0 Å². The number of carboxylic acids is 3. The minimum atomic E-state index is -2.36. The number of carboxylic acid groups (broad SMARTS) is 3. The summed E-state index contributed by atoms with van der Waals surface area (Å²) in [6.45, 7) is 0.231. The van der Waals surface area contributed by atoms with Crippen LogP contribution in [-0.4, -0.2) is 84.6 Å². The van der Waals surface area contributed by atoms with E-state index in [1.807, 2.05) is 0 Å². The van der Waals surface area contributed by atoms with Crippen molar-refractivity contribution in [2.45, 2.75) is 30.8 Å². The fourth-order valence-corrected chi connectivity index (χ4v) is 0.789. The fraction of sp³-hybridized carbons (Fsp3) is 0.667. The summed E-state index contributed by atoms with van der Waals surface area (Å²) in [5.74, 6) is -4.51. The molecule has 20 heavy (non-hydrogen) atoms. The zero-order valence-electron chi connectivity index (χ0n) is 10.2. The number of aliphatic carboxylic acids is 3. The van der Waals surface area contributed by atoms with Crippen LogP contribution < -0.4 is 5.73 Å². The molecule has 0 aliphatic carbocycles. The van der Waals surface area contributed by atoms with Crippen molar-refractivity contribution in [2.24, 2.45) is 5.73 Å². The molecule has 0 aromatic carbocycles. The number of hydrogen-bond donors (Lipinski definition) is 8. The highest BCUT2D eigenvalue weighted by atomic mass is 16.4. The molecule has 0 aromatic heterocycles. The predicted molar refractivity (Wildman–Crippen MR) is 60.6 cm³/mol. The topological polar surface area (TPSA) is 219 Å². The molecule has 0 amide bonds. The third kappa shape index (κ3) is 8.34. The molecule has 0 saturated heterocycles. The zero-order valence-corrected chi connectivity index (χ0v) is 10.2. The van der Waals surface area contributed by atoms with E-state index >= 15 is 0 Å². The number of hydrogen-bond acceptors (Lipinski definition) is 8. The van der Waals surface area contributed by atoms with Crippen molar-refractivity contribution in [1.82, 2.24) is 0 Å². The SMILES string of the molecule is NCCC(=O)O.O=C(O)[C@@H](O)[C@@H](O)[C@H](O)[C@@H](O)C(=O)O. The van der Waals surface area contributed by atoms with Crippen LogP contribution in [0.15, 0.2) is 0 Å². The van der Waals surface area contributed by atoms with Gasteiger partial charge in [0, 0.05) is 6.54 Å². The van der Waals surface area contributed by atoms with Gasteiger partial charge in [0.2, 0.25) is 0 Å². The van der Waals surface area contributed by atoms with E-state index in [1.165, 1.54) is 0 Å². The molecule has 0 aromatic rings. The highest BCUT2D eigenvalue weighted by Gasteiger charge is 2.37. The zero-order chi connectivity index (χ0) is 16.5. The van der Waals surface area contributed by atoms with Gasteiger partial charge in [0.25, 0.3) is 0 Å². The average Bonchev–Trinajstić information content (AvgIpc) is 2.35. The van der Waals surface area contributed by atoms with Crippen molar-refractivity contribution in [3.05, 3.63) is 0 Å². The highest BCUT2D eigenvalue weighted by molar-refractivity contribution is 5.75. The first-order chi connectivity index (χ1) is 9.06. The number of nitrogens with two attached hydrogens (primary N) is 1. The number of rotatable bonds is 7.